The molecule has 2 aliphatic rings. The quantitative estimate of drug-likeness (QED) is 0.796. The predicted octanol–water partition coefficient (Wildman–Crippen LogP) is 3.32. The van der Waals surface area contributed by atoms with Gasteiger partial charge >= 0.3 is 0 Å². The summed E-state index contributed by atoms with van der Waals surface area (Å²) in [6.07, 6.45) is 0.507. The lowest BCUT2D eigenvalue weighted by atomic mass is 9.88. The largest absolute Gasteiger partial charge is 0.454 e. The molecule has 1 N–H and O–H groups in total. The van der Waals surface area contributed by atoms with Crippen LogP contribution in [0.15, 0.2) is 48.5 Å². The molecule has 0 aromatic heterocycles. The zero-order valence-electron chi connectivity index (χ0n) is 17.5. The Labute approximate surface area is 177 Å². The molecule has 2 aliphatic heterocycles. The highest BCUT2D eigenvalue weighted by Crippen LogP contribution is 2.34. The van der Waals surface area contributed by atoms with E-state index in [1.165, 1.54) is 0 Å². The van der Waals surface area contributed by atoms with E-state index in [0.717, 1.165) is 16.9 Å². The summed E-state index contributed by atoms with van der Waals surface area (Å²) in [5.41, 5.74) is 2.05. The van der Waals surface area contributed by atoms with Gasteiger partial charge in [0.15, 0.2) is 11.5 Å². The smallest absolute Gasteiger partial charge is 0.231 e. The van der Waals surface area contributed by atoms with Crippen molar-refractivity contribution in [2.75, 3.05) is 19.9 Å². The van der Waals surface area contributed by atoms with Crippen LogP contribution < -0.4 is 14.8 Å². The highest BCUT2D eigenvalue weighted by atomic mass is 16.7. The van der Waals surface area contributed by atoms with Gasteiger partial charge in [-0.3, -0.25) is 9.59 Å². The normalized spacial score (nSPS) is 19.9. The van der Waals surface area contributed by atoms with Gasteiger partial charge in [-0.25, -0.2) is 0 Å². The molecule has 4 rings (SSSR count). The van der Waals surface area contributed by atoms with Crippen LogP contribution in [0.2, 0.25) is 0 Å². The second-order valence-electron chi connectivity index (χ2n) is 8.43. The van der Waals surface area contributed by atoms with Crippen molar-refractivity contribution in [2.45, 2.75) is 32.7 Å². The van der Waals surface area contributed by atoms with Gasteiger partial charge in [0.25, 0.3) is 0 Å². The van der Waals surface area contributed by atoms with Gasteiger partial charge < -0.3 is 19.7 Å². The van der Waals surface area contributed by atoms with Crippen molar-refractivity contribution < 1.29 is 19.1 Å². The second kappa shape index (κ2) is 8.78. The summed E-state index contributed by atoms with van der Waals surface area (Å²) in [7, 11) is 0. The lowest BCUT2D eigenvalue weighted by molar-refractivity contribution is -0.131. The van der Waals surface area contributed by atoms with Crippen LogP contribution in [-0.2, 0) is 16.1 Å². The van der Waals surface area contributed by atoms with Crippen LogP contribution in [-0.4, -0.2) is 36.6 Å². The fraction of sp³-hybridized carbons (Fsp3) is 0.417. The van der Waals surface area contributed by atoms with E-state index in [2.05, 4.69) is 5.32 Å². The molecular weight excluding hydrogens is 380 g/mol. The number of benzene rings is 2. The maximum atomic E-state index is 13.1. The number of nitrogens with one attached hydrogen (secondary N) is 1. The van der Waals surface area contributed by atoms with Crippen molar-refractivity contribution in [1.29, 1.82) is 0 Å². The van der Waals surface area contributed by atoms with Crippen molar-refractivity contribution in [3.05, 3.63) is 59.7 Å². The number of carbonyl (C=O) groups excluding carboxylic acids is 2. The molecule has 2 amide bonds. The minimum Gasteiger partial charge on any atom is -0.454 e. The first-order valence-corrected chi connectivity index (χ1v) is 10.5. The summed E-state index contributed by atoms with van der Waals surface area (Å²) < 4.78 is 10.8. The minimum atomic E-state index is -0.266. The van der Waals surface area contributed by atoms with E-state index in [1.807, 2.05) is 67.3 Å². The SMILES string of the molecule is CC(C)CC(=O)N1CC(C(=O)NCc2ccc3c(c2)OCO3)C(c2ccccc2)C1. The van der Waals surface area contributed by atoms with Crippen LogP contribution in [0.3, 0.4) is 0 Å². The molecule has 2 heterocycles. The molecule has 2 atom stereocenters. The first-order chi connectivity index (χ1) is 14.5. The summed E-state index contributed by atoms with van der Waals surface area (Å²) in [4.78, 5) is 27.6. The molecule has 0 aliphatic carbocycles. The topological polar surface area (TPSA) is 67.9 Å². The molecule has 158 valence electrons. The number of carbonyl (C=O) groups is 2. The number of hydrogen-bond acceptors (Lipinski definition) is 4. The van der Waals surface area contributed by atoms with Gasteiger partial charge in [-0.2, -0.15) is 0 Å². The third-order valence-corrected chi connectivity index (χ3v) is 5.72. The maximum absolute atomic E-state index is 13.1. The summed E-state index contributed by atoms with van der Waals surface area (Å²) in [6, 6.07) is 15.7. The van der Waals surface area contributed by atoms with Gasteiger partial charge in [-0.1, -0.05) is 50.2 Å². The van der Waals surface area contributed by atoms with Gasteiger partial charge in [0.05, 0.1) is 5.92 Å². The second-order valence-corrected chi connectivity index (χ2v) is 8.43. The molecule has 1 saturated heterocycles. The summed E-state index contributed by atoms with van der Waals surface area (Å²) >= 11 is 0. The van der Waals surface area contributed by atoms with Crippen molar-refractivity contribution >= 4 is 11.8 Å². The van der Waals surface area contributed by atoms with Crippen LogP contribution in [0, 0.1) is 11.8 Å². The van der Waals surface area contributed by atoms with E-state index in [9.17, 15) is 9.59 Å². The molecule has 0 bridgehead atoms. The van der Waals surface area contributed by atoms with Gasteiger partial charge in [0.1, 0.15) is 0 Å². The van der Waals surface area contributed by atoms with Crippen LogP contribution >= 0.6 is 0 Å². The standard InChI is InChI=1S/C24H28N2O4/c1-16(2)10-23(27)26-13-19(18-6-4-3-5-7-18)20(14-26)24(28)25-12-17-8-9-21-22(11-17)30-15-29-21/h3-9,11,16,19-20H,10,12-15H2,1-2H3,(H,25,28). The first kappa shape index (κ1) is 20.3. The fourth-order valence-electron chi connectivity index (χ4n) is 4.16. The molecule has 0 saturated carbocycles. The van der Waals surface area contributed by atoms with E-state index >= 15 is 0 Å². The molecule has 6 heteroatoms. The molecular formula is C24H28N2O4. The van der Waals surface area contributed by atoms with Crippen molar-refractivity contribution in [3.63, 3.8) is 0 Å². The van der Waals surface area contributed by atoms with Gasteiger partial charge in [-0.05, 0) is 29.2 Å². The number of amides is 2. The van der Waals surface area contributed by atoms with Crippen molar-refractivity contribution in [3.8, 4) is 11.5 Å². The Hall–Kier alpha value is -3.02. The zero-order chi connectivity index (χ0) is 21.1. The van der Waals surface area contributed by atoms with Crippen LogP contribution in [0.4, 0.5) is 0 Å². The average Bonchev–Trinajstić information content (AvgIpc) is 3.39. The Morgan fingerprint density at radius 3 is 2.60 bits per heavy atom. The zero-order valence-corrected chi connectivity index (χ0v) is 17.5. The number of rotatable bonds is 6. The molecule has 6 nitrogen and oxygen atoms in total. The van der Waals surface area contributed by atoms with E-state index in [-0.39, 0.29) is 30.4 Å². The summed E-state index contributed by atoms with van der Waals surface area (Å²) in [6.45, 7) is 5.76. The van der Waals surface area contributed by atoms with E-state index in [0.29, 0.717) is 37.7 Å². The molecule has 2 aromatic rings. The number of nitrogens with zero attached hydrogens (tertiary/aromatic N) is 1. The highest BCUT2D eigenvalue weighted by molar-refractivity contribution is 5.83. The monoisotopic (exact) mass is 408 g/mol. The predicted molar refractivity (Wildman–Crippen MR) is 113 cm³/mol. The Morgan fingerprint density at radius 1 is 1.07 bits per heavy atom. The number of ether oxygens (including phenoxy) is 2. The van der Waals surface area contributed by atoms with Crippen molar-refractivity contribution in [1.82, 2.24) is 10.2 Å². The Bertz CT molecular complexity index is 913. The highest BCUT2D eigenvalue weighted by Gasteiger charge is 2.40. The molecule has 0 radical (unpaired) electrons. The fourth-order valence-corrected chi connectivity index (χ4v) is 4.16. The van der Waals surface area contributed by atoms with Gasteiger partial charge in [0, 0.05) is 32.0 Å². The Balaban J connectivity index is 1.46. The summed E-state index contributed by atoms with van der Waals surface area (Å²) in [5, 5.41) is 3.06. The van der Waals surface area contributed by atoms with Crippen molar-refractivity contribution in [2.24, 2.45) is 11.8 Å². The van der Waals surface area contributed by atoms with E-state index in [1.54, 1.807) is 0 Å². The van der Waals surface area contributed by atoms with Gasteiger partial charge in [-0.15, -0.1) is 0 Å². The Kier molecular flexibility index (Phi) is 5.93. The third-order valence-electron chi connectivity index (χ3n) is 5.72. The first-order valence-electron chi connectivity index (χ1n) is 10.5. The number of hydrogen-bond donors (Lipinski definition) is 1. The maximum Gasteiger partial charge on any atom is 0.231 e. The summed E-state index contributed by atoms with van der Waals surface area (Å²) in [5.74, 6) is 1.56. The number of fused-ring (bicyclic) bond motifs is 1. The van der Waals surface area contributed by atoms with Gasteiger partial charge in [0.2, 0.25) is 18.6 Å². The minimum absolute atomic E-state index is 0.000865. The molecule has 2 unspecified atom stereocenters. The molecule has 0 spiro atoms. The average molecular weight is 408 g/mol. The lowest BCUT2D eigenvalue weighted by Crippen LogP contribution is -2.35. The van der Waals surface area contributed by atoms with E-state index < -0.39 is 0 Å². The third kappa shape index (κ3) is 4.42. The molecule has 2 aromatic carbocycles. The van der Waals surface area contributed by atoms with Crippen LogP contribution in [0.25, 0.3) is 0 Å². The number of likely N-dealkylation sites (tertiary alicyclic amines) is 1. The van der Waals surface area contributed by atoms with Crippen LogP contribution in [0.5, 0.6) is 11.5 Å². The molecule has 1 fully saturated rings. The lowest BCUT2D eigenvalue weighted by Gasteiger charge is -2.18. The molecule has 30 heavy (non-hydrogen) atoms. The Morgan fingerprint density at radius 2 is 1.83 bits per heavy atom. The van der Waals surface area contributed by atoms with Crippen LogP contribution in [0.1, 0.15) is 37.3 Å². The van der Waals surface area contributed by atoms with E-state index in [4.69, 9.17) is 9.47 Å².